The van der Waals surface area contributed by atoms with Crippen LogP contribution in [0.5, 0.6) is 11.5 Å². The number of nitriles is 1. The first kappa shape index (κ1) is 15.8. The van der Waals surface area contributed by atoms with E-state index in [9.17, 15) is 9.59 Å². The number of carbonyl (C=O) groups is 2. The summed E-state index contributed by atoms with van der Waals surface area (Å²) in [6.07, 6.45) is 5.11. The number of hydrogen-bond donors (Lipinski definition) is 0. The van der Waals surface area contributed by atoms with Gasteiger partial charge in [0.2, 0.25) is 11.8 Å². The molecule has 2 aromatic carbocycles. The second kappa shape index (κ2) is 5.82. The van der Waals surface area contributed by atoms with Crippen molar-refractivity contribution in [1.82, 2.24) is 0 Å². The van der Waals surface area contributed by atoms with Gasteiger partial charge in [0.05, 0.1) is 29.2 Å². The molecule has 1 heterocycles. The van der Waals surface area contributed by atoms with E-state index in [2.05, 4.69) is 18.2 Å². The smallest absolute Gasteiger partial charge is 0.238 e. The zero-order valence-corrected chi connectivity index (χ0v) is 14.4. The lowest BCUT2D eigenvalue weighted by molar-refractivity contribution is -0.123. The molecule has 5 heteroatoms. The van der Waals surface area contributed by atoms with E-state index in [4.69, 9.17) is 10.00 Å². The lowest BCUT2D eigenvalue weighted by atomic mass is 9.85. The van der Waals surface area contributed by atoms with Gasteiger partial charge in [-0.25, -0.2) is 0 Å². The van der Waals surface area contributed by atoms with Gasteiger partial charge in [0.25, 0.3) is 0 Å². The number of nitrogens with zero attached hydrogens (tertiary/aromatic N) is 2. The summed E-state index contributed by atoms with van der Waals surface area (Å²) in [6.45, 7) is 0. The number of carbonyl (C=O) groups excluding carboxylic acids is 2. The molecule has 0 radical (unpaired) electrons. The largest absolute Gasteiger partial charge is 0.457 e. The maximum atomic E-state index is 12.8. The van der Waals surface area contributed by atoms with Gasteiger partial charge in [0, 0.05) is 0 Å². The molecule has 132 valence electrons. The molecule has 0 N–H and O–H groups in total. The monoisotopic (exact) mass is 356 g/mol. The van der Waals surface area contributed by atoms with Gasteiger partial charge in [-0.3, -0.25) is 14.5 Å². The summed E-state index contributed by atoms with van der Waals surface area (Å²) in [5.41, 5.74) is 1.16. The van der Waals surface area contributed by atoms with Crippen LogP contribution in [0.2, 0.25) is 0 Å². The van der Waals surface area contributed by atoms with Crippen LogP contribution in [0.15, 0.2) is 60.7 Å². The van der Waals surface area contributed by atoms with Crippen molar-refractivity contribution in [3.8, 4) is 17.6 Å². The van der Waals surface area contributed by atoms with Crippen molar-refractivity contribution in [2.24, 2.45) is 23.7 Å². The average Bonchev–Trinajstić information content (AvgIpc) is 3.37. The van der Waals surface area contributed by atoms with E-state index in [1.165, 1.54) is 4.90 Å². The normalized spacial score (nSPS) is 27.7. The van der Waals surface area contributed by atoms with E-state index in [0.717, 1.165) is 6.42 Å². The Labute approximate surface area is 156 Å². The highest BCUT2D eigenvalue weighted by molar-refractivity contribution is 6.22. The Bertz CT molecular complexity index is 971. The molecule has 3 aliphatic rings. The standard InChI is InChI=1S/C22H16N2O3/c23-12-13-1-7-17(8-2-13)27-18-9-5-16(6-10-18)24-21(25)19-14-3-4-15(11-14)20(19)22(24)26/h1-10,14-15,19-20H,11H2/t14-,15+,19+,20-. The summed E-state index contributed by atoms with van der Waals surface area (Å²) >= 11 is 0. The second-order valence-electron chi connectivity index (χ2n) is 7.24. The Morgan fingerprint density at radius 2 is 1.37 bits per heavy atom. The summed E-state index contributed by atoms with van der Waals surface area (Å²) in [4.78, 5) is 27.0. The minimum Gasteiger partial charge on any atom is -0.457 e. The van der Waals surface area contributed by atoms with Gasteiger partial charge in [-0.15, -0.1) is 0 Å². The molecule has 2 aliphatic carbocycles. The summed E-state index contributed by atoms with van der Waals surface area (Å²) < 4.78 is 5.76. The minimum atomic E-state index is -0.193. The maximum absolute atomic E-state index is 12.8. The molecule has 4 atom stereocenters. The first-order valence-electron chi connectivity index (χ1n) is 9.00. The Kier molecular flexibility index (Phi) is 3.41. The number of rotatable bonds is 3. The van der Waals surface area contributed by atoms with E-state index in [-0.39, 0.29) is 35.5 Å². The van der Waals surface area contributed by atoms with Crippen LogP contribution < -0.4 is 9.64 Å². The first-order valence-corrected chi connectivity index (χ1v) is 9.00. The van der Waals surface area contributed by atoms with E-state index in [0.29, 0.717) is 22.7 Å². The number of ether oxygens (including phenoxy) is 1. The number of amides is 2. The van der Waals surface area contributed by atoms with Gasteiger partial charge in [-0.1, -0.05) is 12.2 Å². The zero-order valence-electron chi connectivity index (χ0n) is 14.4. The Balaban J connectivity index is 1.35. The molecule has 27 heavy (non-hydrogen) atoms. The molecule has 1 saturated carbocycles. The molecule has 1 aliphatic heterocycles. The van der Waals surface area contributed by atoms with Crippen molar-refractivity contribution in [2.75, 3.05) is 4.90 Å². The van der Waals surface area contributed by atoms with Crippen molar-refractivity contribution in [1.29, 1.82) is 5.26 Å². The van der Waals surface area contributed by atoms with Gasteiger partial charge in [-0.2, -0.15) is 5.26 Å². The number of anilines is 1. The van der Waals surface area contributed by atoms with Crippen LogP contribution in [-0.4, -0.2) is 11.8 Å². The van der Waals surface area contributed by atoms with Crippen LogP contribution in [0.3, 0.4) is 0 Å². The lowest BCUT2D eigenvalue weighted by Crippen LogP contribution is -2.32. The SMILES string of the molecule is N#Cc1ccc(Oc2ccc(N3C(=O)[C@@H]4[C@H](C3=O)[C@H]3C=C[C@@H]4C3)cc2)cc1. The zero-order chi connectivity index (χ0) is 18.5. The molecule has 0 spiro atoms. The summed E-state index contributed by atoms with van der Waals surface area (Å²) in [5.74, 6) is 1.09. The van der Waals surface area contributed by atoms with E-state index >= 15 is 0 Å². The fourth-order valence-corrected chi connectivity index (χ4v) is 4.55. The molecule has 5 rings (SSSR count). The van der Waals surface area contributed by atoms with Crippen LogP contribution in [0.4, 0.5) is 5.69 Å². The van der Waals surface area contributed by atoms with Crippen molar-refractivity contribution >= 4 is 17.5 Å². The van der Waals surface area contributed by atoms with Crippen LogP contribution in [-0.2, 0) is 9.59 Å². The molecule has 2 aromatic rings. The highest BCUT2D eigenvalue weighted by atomic mass is 16.5. The van der Waals surface area contributed by atoms with Gasteiger partial charge in [-0.05, 0) is 66.8 Å². The Morgan fingerprint density at radius 1 is 0.852 bits per heavy atom. The van der Waals surface area contributed by atoms with Crippen molar-refractivity contribution in [3.05, 3.63) is 66.2 Å². The van der Waals surface area contributed by atoms with Gasteiger partial charge in [0.15, 0.2) is 0 Å². The molecule has 0 unspecified atom stereocenters. The fourth-order valence-electron chi connectivity index (χ4n) is 4.55. The average molecular weight is 356 g/mol. The van der Waals surface area contributed by atoms with Crippen LogP contribution >= 0.6 is 0 Å². The Hall–Kier alpha value is -3.39. The number of fused-ring (bicyclic) bond motifs is 5. The summed E-state index contributed by atoms with van der Waals surface area (Å²) in [6, 6.07) is 15.9. The topological polar surface area (TPSA) is 70.4 Å². The van der Waals surface area contributed by atoms with E-state index < -0.39 is 0 Å². The molecule has 5 nitrogen and oxygen atoms in total. The van der Waals surface area contributed by atoms with Crippen LogP contribution in [0.1, 0.15) is 12.0 Å². The highest BCUT2D eigenvalue weighted by Gasteiger charge is 2.59. The number of hydrogen-bond acceptors (Lipinski definition) is 4. The van der Waals surface area contributed by atoms with Crippen molar-refractivity contribution in [2.45, 2.75) is 6.42 Å². The molecular formula is C22H16N2O3. The van der Waals surface area contributed by atoms with Crippen LogP contribution in [0, 0.1) is 35.0 Å². The quantitative estimate of drug-likeness (QED) is 0.622. The molecule has 2 fully saturated rings. The summed E-state index contributed by atoms with van der Waals surface area (Å²) in [7, 11) is 0. The van der Waals surface area contributed by atoms with Crippen molar-refractivity contribution < 1.29 is 14.3 Å². The number of imide groups is 1. The van der Waals surface area contributed by atoms with Gasteiger partial charge >= 0.3 is 0 Å². The Morgan fingerprint density at radius 3 is 1.89 bits per heavy atom. The van der Waals surface area contributed by atoms with Gasteiger partial charge in [0.1, 0.15) is 11.5 Å². The fraction of sp³-hybridized carbons (Fsp3) is 0.227. The number of allylic oxidation sites excluding steroid dienone is 2. The van der Waals surface area contributed by atoms with E-state index in [1.54, 1.807) is 48.5 Å². The van der Waals surface area contributed by atoms with Crippen molar-refractivity contribution in [3.63, 3.8) is 0 Å². The predicted octanol–water partition coefficient (Wildman–Crippen LogP) is 3.66. The minimum absolute atomic E-state index is 0.0809. The molecule has 2 amide bonds. The molecule has 1 saturated heterocycles. The molecular weight excluding hydrogens is 340 g/mol. The van der Waals surface area contributed by atoms with Gasteiger partial charge < -0.3 is 4.74 Å². The van der Waals surface area contributed by atoms with Crippen LogP contribution in [0.25, 0.3) is 0 Å². The van der Waals surface area contributed by atoms with E-state index in [1.807, 2.05) is 0 Å². The molecule has 2 bridgehead atoms. The molecule has 0 aromatic heterocycles. The number of benzene rings is 2. The first-order chi connectivity index (χ1) is 13.2. The maximum Gasteiger partial charge on any atom is 0.238 e. The third kappa shape index (κ3) is 2.37. The third-order valence-corrected chi connectivity index (χ3v) is 5.78. The predicted molar refractivity (Wildman–Crippen MR) is 97.9 cm³/mol. The third-order valence-electron chi connectivity index (χ3n) is 5.78. The summed E-state index contributed by atoms with van der Waals surface area (Å²) in [5, 5.41) is 8.84. The lowest BCUT2D eigenvalue weighted by Gasteiger charge is -2.17. The second-order valence-corrected chi connectivity index (χ2v) is 7.24. The highest BCUT2D eigenvalue weighted by Crippen LogP contribution is 2.53.